The summed E-state index contributed by atoms with van der Waals surface area (Å²) < 4.78 is 1.11. The van der Waals surface area contributed by atoms with Crippen LogP contribution in [0.4, 0.5) is 0 Å². The molecule has 2 rings (SSSR count). The van der Waals surface area contributed by atoms with Crippen LogP contribution in [0.25, 0.3) is 10.8 Å². The van der Waals surface area contributed by atoms with Crippen LogP contribution < -0.4 is 0 Å². The molecule has 0 saturated carbocycles. The van der Waals surface area contributed by atoms with Crippen LogP contribution in [-0.2, 0) is 0 Å². The molecule has 0 atom stereocenters. The molecule has 0 spiro atoms. The summed E-state index contributed by atoms with van der Waals surface area (Å²) in [5, 5.41) is 2.58. The maximum atomic E-state index is 4.49. The molecule has 13 heavy (non-hydrogen) atoms. The second-order valence-electron chi connectivity index (χ2n) is 3.16. The van der Waals surface area contributed by atoms with E-state index < -0.39 is 0 Å². The van der Waals surface area contributed by atoms with Crippen LogP contribution in [0.2, 0.25) is 0 Å². The molecule has 1 aromatic heterocycles. The normalized spacial score (nSPS) is 10.7. The first-order valence-corrected chi connectivity index (χ1v) is 5.29. The Kier molecular flexibility index (Phi) is 2.24. The van der Waals surface area contributed by atoms with E-state index in [9.17, 15) is 0 Å². The third kappa shape index (κ3) is 1.43. The Morgan fingerprint density at radius 1 is 1.08 bits per heavy atom. The van der Waals surface area contributed by atoms with Crippen molar-refractivity contribution in [3.05, 3.63) is 39.2 Å². The molecule has 1 nitrogen and oxygen atoms in total. The predicted molar refractivity (Wildman–Crippen MR) is 63.9 cm³/mol. The number of rotatable bonds is 0. The van der Waals surface area contributed by atoms with Gasteiger partial charge in [0.15, 0.2) is 0 Å². The maximum Gasteiger partial charge on any atom is 0.105 e. The quantitative estimate of drug-likeness (QED) is 0.533. The lowest BCUT2D eigenvalue weighted by molar-refractivity contribution is 1.17. The molecule has 0 fully saturated rings. The summed E-state index contributed by atoms with van der Waals surface area (Å²) in [6.45, 7) is 4.18. The Morgan fingerprint density at radius 2 is 1.69 bits per heavy atom. The molecule has 2 heteroatoms. The van der Waals surface area contributed by atoms with Crippen LogP contribution in [0, 0.1) is 17.5 Å². The highest BCUT2D eigenvalue weighted by Crippen LogP contribution is 2.23. The molecule has 0 aliphatic heterocycles. The number of aryl methyl sites for hydroxylation is 2. The molecule has 0 radical (unpaired) electrons. The van der Waals surface area contributed by atoms with E-state index in [1.54, 1.807) is 0 Å². The van der Waals surface area contributed by atoms with Gasteiger partial charge in [-0.25, -0.2) is 4.98 Å². The smallest absolute Gasteiger partial charge is 0.105 e. The van der Waals surface area contributed by atoms with Crippen molar-refractivity contribution in [1.29, 1.82) is 0 Å². The zero-order valence-corrected chi connectivity index (χ0v) is 9.79. The lowest BCUT2D eigenvalue weighted by Crippen LogP contribution is -1.92. The fourth-order valence-electron chi connectivity index (χ4n) is 1.53. The number of hydrogen-bond acceptors (Lipinski definition) is 1. The van der Waals surface area contributed by atoms with Crippen LogP contribution in [0.3, 0.4) is 0 Å². The zero-order valence-electron chi connectivity index (χ0n) is 7.63. The summed E-state index contributed by atoms with van der Waals surface area (Å²) in [5.74, 6) is 0. The van der Waals surface area contributed by atoms with Crippen LogP contribution in [0.5, 0.6) is 0 Å². The highest BCUT2D eigenvalue weighted by molar-refractivity contribution is 14.1. The molecular formula is C11H10IN. The van der Waals surface area contributed by atoms with E-state index in [1.807, 2.05) is 0 Å². The largest absolute Gasteiger partial charge is 0.246 e. The number of fused-ring (bicyclic) bond motifs is 1. The summed E-state index contributed by atoms with van der Waals surface area (Å²) in [6, 6.07) is 8.41. The van der Waals surface area contributed by atoms with Gasteiger partial charge in [-0.1, -0.05) is 24.3 Å². The number of halogens is 1. The maximum absolute atomic E-state index is 4.49. The van der Waals surface area contributed by atoms with Gasteiger partial charge in [0.1, 0.15) is 3.70 Å². The molecule has 66 valence electrons. The number of nitrogens with zero attached hydrogens (tertiary/aromatic N) is 1. The molecule has 0 aliphatic carbocycles. The number of benzene rings is 1. The third-order valence-corrected chi connectivity index (χ3v) is 3.35. The topological polar surface area (TPSA) is 12.9 Å². The van der Waals surface area contributed by atoms with Crippen molar-refractivity contribution in [3.8, 4) is 0 Å². The average Bonchev–Trinajstić information content (AvgIpc) is 2.15. The van der Waals surface area contributed by atoms with Crippen molar-refractivity contribution in [2.45, 2.75) is 13.8 Å². The van der Waals surface area contributed by atoms with Crippen molar-refractivity contribution in [3.63, 3.8) is 0 Å². The highest BCUT2D eigenvalue weighted by atomic mass is 127. The minimum absolute atomic E-state index is 1.11. The summed E-state index contributed by atoms with van der Waals surface area (Å²) in [7, 11) is 0. The second kappa shape index (κ2) is 3.25. The van der Waals surface area contributed by atoms with Gasteiger partial charge < -0.3 is 0 Å². The Balaban J connectivity index is 2.97. The van der Waals surface area contributed by atoms with Crippen molar-refractivity contribution in [2.24, 2.45) is 0 Å². The van der Waals surface area contributed by atoms with E-state index in [2.05, 4.69) is 65.7 Å². The van der Waals surface area contributed by atoms with Crippen LogP contribution in [0.15, 0.2) is 24.3 Å². The summed E-state index contributed by atoms with van der Waals surface area (Å²) in [5.41, 5.74) is 2.40. The SMILES string of the molecule is Cc1nc(I)c(C)c2ccccc12. The molecule has 0 bridgehead atoms. The van der Waals surface area contributed by atoms with Gasteiger partial charge in [-0.2, -0.15) is 0 Å². The standard InChI is InChI=1S/C11H10IN/c1-7-9-5-3-4-6-10(9)8(2)13-11(7)12/h3-6H,1-2H3. The van der Waals surface area contributed by atoms with E-state index >= 15 is 0 Å². The van der Waals surface area contributed by atoms with Crippen molar-refractivity contribution >= 4 is 33.4 Å². The Bertz CT molecular complexity index is 463. The molecule has 2 aromatic rings. The minimum Gasteiger partial charge on any atom is -0.246 e. The fourth-order valence-corrected chi connectivity index (χ4v) is 2.18. The van der Waals surface area contributed by atoms with E-state index in [1.165, 1.54) is 16.3 Å². The molecule has 1 aromatic carbocycles. The van der Waals surface area contributed by atoms with Crippen LogP contribution >= 0.6 is 22.6 Å². The van der Waals surface area contributed by atoms with E-state index in [-0.39, 0.29) is 0 Å². The Labute approximate surface area is 91.3 Å². The van der Waals surface area contributed by atoms with Crippen LogP contribution in [-0.4, -0.2) is 4.98 Å². The van der Waals surface area contributed by atoms with Gasteiger partial charge in [0.05, 0.1) is 0 Å². The monoisotopic (exact) mass is 283 g/mol. The predicted octanol–water partition coefficient (Wildman–Crippen LogP) is 3.46. The number of hydrogen-bond donors (Lipinski definition) is 0. The second-order valence-corrected chi connectivity index (χ2v) is 4.18. The van der Waals surface area contributed by atoms with E-state index in [0.29, 0.717) is 0 Å². The fraction of sp³-hybridized carbons (Fsp3) is 0.182. The lowest BCUT2D eigenvalue weighted by atomic mass is 10.1. The Morgan fingerprint density at radius 3 is 2.38 bits per heavy atom. The zero-order chi connectivity index (χ0) is 9.42. The van der Waals surface area contributed by atoms with Gasteiger partial charge in [0, 0.05) is 11.1 Å². The van der Waals surface area contributed by atoms with Crippen molar-refractivity contribution < 1.29 is 0 Å². The van der Waals surface area contributed by atoms with Crippen molar-refractivity contribution in [2.75, 3.05) is 0 Å². The van der Waals surface area contributed by atoms with Gasteiger partial charge in [-0.3, -0.25) is 0 Å². The van der Waals surface area contributed by atoms with Crippen LogP contribution in [0.1, 0.15) is 11.3 Å². The summed E-state index contributed by atoms with van der Waals surface area (Å²) >= 11 is 2.29. The van der Waals surface area contributed by atoms with Gasteiger partial charge in [-0.05, 0) is 47.4 Å². The van der Waals surface area contributed by atoms with Gasteiger partial charge in [0.2, 0.25) is 0 Å². The van der Waals surface area contributed by atoms with Gasteiger partial charge in [-0.15, -0.1) is 0 Å². The molecule has 0 unspecified atom stereocenters. The first kappa shape index (κ1) is 8.94. The lowest BCUT2D eigenvalue weighted by Gasteiger charge is -2.06. The van der Waals surface area contributed by atoms with E-state index in [0.717, 1.165) is 9.39 Å². The number of pyridine rings is 1. The van der Waals surface area contributed by atoms with Crippen molar-refractivity contribution in [1.82, 2.24) is 4.98 Å². The molecule has 0 aliphatic rings. The summed E-state index contributed by atoms with van der Waals surface area (Å²) in [6.07, 6.45) is 0. The molecule has 0 amide bonds. The highest BCUT2D eigenvalue weighted by Gasteiger charge is 2.04. The first-order chi connectivity index (χ1) is 6.20. The number of aromatic nitrogens is 1. The third-order valence-electron chi connectivity index (χ3n) is 2.30. The molecular weight excluding hydrogens is 273 g/mol. The molecule has 0 saturated heterocycles. The first-order valence-electron chi connectivity index (χ1n) is 4.21. The minimum atomic E-state index is 1.11. The molecule has 1 heterocycles. The van der Waals surface area contributed by atoms with Gasteiger partial charge >= 0.3 is 0 Å². The van der Waals surface area contributed by atoms with Gasteiger partial charge in [0.25, 0.3) is 0 Å². The molecule has 0 N–H and O–H groups in total. The Hall–Kier alpha value is -0.640. The average molecular weight is 283 g/mol. The van der Waals surface area contributed by atoms with E-state index in [4.69, 9.17) is 0 Å². The summed E-state index contributed by atoms with van der Waals surface area (Å²) in [4.78, 5) is 4.49.